The van der Waals surface area contributed by atoms with E-state index in [4.69, 9.17) is 17.3 Å². The van der Waals surface area contributed by atoms with Gasteiger partial charge in [0.25, 0.3) is 0 Å². The molecule has 0 rings (SSSR count). The SMILES string of the molecule is CC/C=C\C(N)[C@@H](C)Cl. The summed E-state index contributed by atoms with van der Waals surface area (Å²) < 4.78 is 0. The zero-order chi connectivity index (χ0) is 7.28. The van der Waals surface area contributed by atoms with Crippen molar-refractivity contribution >= 4 is 11.6 Å². The van der Waals surface area contributed by atoms with Gasteiger partial charge in [-0.1, -0.05) is 19.1 Å². The molecule has 0 saturated carbocycles. The number of halogens is 1. The highest BCUT2D eigenvalue weighted by atomic mass is 35.5. The standard InChI is InChI=1S/C7H14ClN/c1-3-4-5-7(9)6(2)8/h4-7H,3,9H2,1-2H3/b5-4-/t6-,7?/m1/s1. The molecule has 0 aliphatic heterocycles. The highest BCUT2D eigenvalue weighted by molar-refractivity contribution is 6.20. The van der Waals surface area contributed by atoms with E-state index in [1.165, 1.54) is 0 Å². The smallest absolute Gasteiger partial charge is 0.0494 e. The second-order valence-corrected chi connectivity index (χ2v) is 2.78. The van der Waals surface area contributed by atoms with Gasteiger partial charge in [-0.3, -0.25) is 0 Å². The van der Waals surface area contributed by atoms with Crippen LogP contribution in [0.15, 0.2) is 12.2 Å². The van der Waals surface area contributed by atoms with E-state index in [1.807, 2.05) is 19.1 Å². The highest BCUT2D eigenvalue weighted by Gasteiger charge is 2.02. The van der Waals surface area contributed by atoms with Crippen molar-refractivity contribution in [1.29, 1.82) is 0 Å². The number of allylic oxidation sites excluding steroid dienone is 1. The number of rotatable bonds is 3. The first-order valence-electron chi connectivity index (χ1n) is 3.24. The minimum absolute atomic E-state index is 0.00613. The summed E-state index contributed by atoms with van der Waals surface area (Å²) in [5, 5.41) is 0.0350. The fraction of sp³-hybridized carbons (Fsp3) is 0.714. The van der Waals surface area contributed by atoms with Gasteiger partial charge in [-0.25, -0.2) is 0 Å². The summed E-state index contributed by atoms with van der Waals surface area (Å²) in [5.74, 6) is 0. The molecule has 2 N–H and O–H groups in total. The van der Waals surface area contributed by atoms with Crippen LogP contribution in [0.4, 0.5) is 0 Å². The lowest BCUT2D eigenvalue weighted by Gasteiger charge is -2.06. The van der Waals surface area contributed by atoms with Crippen molar-refractivity contribution in [1.82, 2.24) is 0 Å². The van der Waals surface area contributed by atoms with E-state index in [-0.39, 0.29) is 11.4 Å². The fourth-order valence-electron chi connectivity index (χ4n) is 0.446. The molecule has 9 heavy (non-hydrogen) atoms. The summed E-state index contributed by atoms with van der Waals surface area (Å²) in [6.45, 7) is 3.97. The van der Waals surface area contributed by atoms with Gasteiger partial charge in [0.2, 0.25) is 0 Å². The molecule has 0 aromatic rings. The average molecular weight is 148 g/mol. The third-order valence-electron chi connectivity index (χ3n) is 1.12. The first-order chi connectivity index (χ1) is 4.18. The molecule has 0 aliphatic carbocycles. The third-order valence-corrected chi connectivity index (χ3v) is 1.42. The number of hydrogen-bond donors (Lipinski definition) is 1. The molecule has 0 bridgehead atoms. The van der Waals surface area contributed by atoms with Crippen molar-refractivity contribution in [2.75, 3.05) is 0 Å². The molecule has 0 aromatic carbocycles. The van der Waals surface area contributed by atoms with Gasteiger partial charge in [0, 0.05) is 11.4 Å². The summed E-state index contributed by atoms with van der Waals surface area (Å²) in [4.78, 5) is 0. The van der Waals surface area contributed by atoms with Gasteiger partial charge in [0.05, 0.1) is 0 Å². The lowest BCUT2D eigenvalue weighted by molar-refractivity contribution is 0.788. The van der Waals surface area contributed by atoms with E-state index < -0.39 is 0 Å². The van der Waals surface area contributed by atoms with Crippen LogP contribution in [-0.4, -0.2) is 11.4 Å². The Morgan fingerprint density at radius 1 is 1.67 bits per heavy atom. The van der Waals surface area contributed by atoms with Crippen LogP contribution in [-0.2, 0) is 0 Å². The van der Waals surface area contributed by atoms with Crippen LogP contribution in [0, 0.1) is 0 Å². The number of hydrogen-bond acceptors (Lipinski definition) is 1. The van der Waals surface area contributed by atoms with E-state index in [0.29, 0.717) is 0 Å². The Kier molecular flexibility index (Phi) is 4.83. The minimum atomic E-state index is 0.00613. The van der Waals surface area contributed by atoms with Gasteiger partial charge in [-0.05, 0) is 13.3 Å². The molecule has 0 aliphatic rings. The Morgan fingerprint density at radius 2 is 2.22 bits per heavy atom. The molecule has 2 heteroatoms. The second kappa shape index (κ2) is 4.83. The maximum absolute atomic E-state index is 5.69. The summed E-state index contributed by atoms with van der Waals surface area (Å²) in [7, 11) is 0. The normalized spacial score (nSPS) is 18.2. The molecule has 0 aromatic heterocycles. The van der Waals surface area contributed by atoms with E-state index in [9.17, 15) is 0 Å². The Morgan fingerprint density at radius 3 is 2.56 bits per heavy atom. The van der Waals surface area contributed by atoms with E-state index in [2.05, 4.69) is 6.92 Å². The first kappa shape index (κ1) is 8.99. The quantitative estimate of drug-likeness (QED) is 0.479. The van der Waals surface area contributed by atoms with Gasteiger partial charge in [-0.15, -0.1) is 11.6 Å². The zero-order valence-electron chi connectivity index (χ0n) is 5.97. The summed E-state index contributed by atoms with van der Waals surface area (Å²) in [5.41, 5.74) is 5.58. The molecule has 0 heterocycles. The van der Waals surface area contributed by atoms with Gasteiger partial charge in [0.15, 0.2) is 0 Å². The molecule has 0 fully saturated rings. The minimum Gasteiger partial charge on any atom is -0.323 e. The van der Waals surface area contributed by atoms with E-state index in [0.717, 1.165) is 6.42 Å². The molecule has 0 amide bonds. The van der Waals surface area contributed by atoms with Crippen LogP contribution in [0.1, 0.15) is 20.3 Å². The van der Waals surface area contributed by atoms with E-state index in [1.54, 1.807) is 0 Å². The van der Waals surface area contributed by atoms with Crippen molar-refractivity contribution in [2.45, 2.75) is 31.7 Å². The van der Waals surface area contributed by atoms with Crippen molar-refractivity contribution < 1.29 is 0 Å². The summed E-state index contributed by atoms with van der Waals surface area (Å²) >= 11 is 5.69. The van der Waals surface area contributed by atoms with Gasteiger partial charge in [0.1, 0.15) is 0 Å². The number of alkyl halides is 1. The van der Waals surface area contributed by atoms with Gasteiger partial charge < -0.3 is 5.73 Å². The second-order valence-electron chi connectivity index (χ2n) is 2.09. The van der Waals surface area contributed by atoms with Crippen LogP contribution in [0.3, 0.4) is 0 Å². The van der Waals surface area contributed by atoms with Crippen molar-refractivity contribution in [2.24, 2.45) is 5.73 Å². The molecule has 0 saturated heterocycles. The summed E-state index contributed by atoms with van der Waals surface area (Å²) in [6.07, 6.45) is 5.00. The van der Waals surface area contributed by atoms with Crippen LogP contribution < -0.4 is 5.73 Å². The van der Waals surface area contributed by atoms with Crippen molar-refractivity contribution in [3.05, 3.63) is 12.2 Å². The lowest BCUT2D eigenvalue weighted by atomic mass is 10.2. The van der Waals surface area contributed by atoms with Gasteiger partial charge >= 0.3 is 0 Å². The molecule has 54 valence electrons. The highest BCUT2D eigenvalue weighted by Crippen LogP contribution is 1.99. The third kappa shape index (κ3) is 4.49. The summed E-state index contributed by atoms with van der Waals surface area (Å²) in [6, 6.07) is 0.00613. The molecule has 0 radical (unpaired) electrons. The van der Waals surface area contributed by atoms with Crippen LogP contribution in [0.2, 0.25) is 0 Å². The fourth-order valence-corrected chi connectivity index (χ4v) is 0.530. The maximum atomic E-state index is 5.69. The van der Waals surface area contributed by atoms with Gasteiger partial charge in [-0.2, -0.15) is 0 Å². The van der Waals surface area contributed by atoms with Crippen molar-refractivity contribution in [3.8, 4) is 0 Å². The molecular weight excluding hydrogens is 134 g/mol. The van der Waals surface area contributed by atoms with Crippen LogP contribution >= 0.6 is 11.6 Å². The Balaban J connectivity index is 3.48. The monoisotopic (exact) mass is 147 g/mol. The average Bonchev–Trinajstić information content (AvgIpc) is 1.82. The predicted molar refractivity (Wildman–Crippen MR) is 42.7 cm³/mol. The van der Waals surface area contributed by atoms with E-state index >= 15 is 0 Å². The van der Waals surface area contributed by atoms with Crippen LogP contribution in [0.25, 0.3) is 0 Å². The molecule has 1 nitrogen and oxygen atoms in total. The molecule has 2 atom stereocenters. The molecule has 1 unspecified atom stereocenters. The topological polar surface area (TPSA) is 26.0 Å². The van der Waals surface area contributed by atoms with Crippen LogP contribution in [0.5, 0.6) is 0 Å². The van der Waals surface area contributed by atoms with Crippen molar-refractivity contribution in [3.63, 3.8) is 0 Å². The Labute approximate surface area is 61.9 Å². The lowest BCUT2D eigenvalue weighted by Crippen LogP contribution is -2.25. The maximum Gasteiger partial charge on any atom is 0.0494 e. The first-order valence-corrected chi connectivity index (χ1v) is 3.68. The molecular formula is C7H14ClN. The zero-order valence-corrected chi connectivity index (χ0v) is 6.73. The Bertz CT molecular complexity index is 88.9. The Hall–Kier alpha value is -0.0100. The number of nitrogens with two attached hydrogens (primary N) is 1. The predicted octanol–water partition coefficient (Wildman–Crippen LogP) is 1.91. The molecule has 0 spiro atoms. The largest absolute Gasteiger partial charge is 0.323 e.